The van der Waals surface area contributed by atoms with Crippen molar-refractivity contribution in [1.29, 1.82) is 0 Å². The quantitative estimate of drug-likeness (QED) is 0.873. The van der Waals surface area contributed by atoms with Crippen molar-refractivity contribution in [2.45, 2.75) is 32.7 Å². The summed E-state index contributed by atoms with van der Waals surface area (Å²) in [7, 11) is 0. The zero-order chi connectivity index (χ0) is 13.5. The van der Waals surface area contributed by atoms with E-state index in [4.69, 9.17) is 0 Å². The molecule has 3 nitrogen and oxygen atoms in total. The lowest BCUT2D eigenvalue weighted by atomic mass is 9.70. The molecule has 0 aliphatic heterocycles. The molecule has 1 fully saturated rings. The Bertz CT molecular complexity index is 668. The van der Waals surface area contributed by atoms with Crippen LogP contribution < -0.4 is 5.56 Å². The van der Waals surface area contributed by atoms with E-state index in [1.165, 1.54) is 19.3 Å². The van der Waals surface area contributed by atoms with Crippen molar-refractivity contribution in [3.63, 3.8) is 0 Å². The second-order valence-corrected chi connectivity index (χ2v) is 5.91. The van der Waals surface area contributed by atoms with E-state index in [2.05, 4.69) is 17.6 Å². The first-order valence-corrected chi connectivity index (χ1v) is 7.36. The minimum Gasteiger partial charge on any atom is -0.305 e. The molecule has 0 unspecified atom stereocenters. The number of benzene rings is 1. The fourth-order valence-electron chi connectivity index (χ4n) is 2.86. The lowest BCUT2D eigenvalue weighted by Crippen LogP contribution is -2.40. The molecule has 0 amide bonds. The van der Waals surface area contributed by atoms with E-state index in [0.717, 1.165) is 23.3 Å². The Kier molecular flexibility index (Phi) is 3.13. The predicted octanol–water partition coefficient (Wildman–Crippen LogP) is 2.81. The Morgan fingerprint density at radius 3 is 2.74 bits per heavy atom. The third-order valence-electron chi connectivity index (χ3n) is 4.26. The molecule has 0 atom stereocenters. The largest absolute Gasteiger partial charge is 0.305 e. The van der Waals surface area contributed by atoms with Gasteiger partial charge in [-0.3, -0.25) is 4.79 Å². The Hall–Kier alpha value is -1.29. The van der Waals surface area contributed by atoms with Crippen LogP contribution in [0.5, 0.6) is 0 Å². The topological polar surface area (TPSA) is 34.9 Å². The van der Waals surface area contributed by atoms with Gasteiger partial charge in [0.1, 0.15) is 5.69 Å². The van der Waals surface area contributed by atoms with Crippen LogP contribution in [0.15, 0.2) is 29.1 Å². The smallest absolute Gasteiger partial charge is 0.272 e. The standard InChI is InChI=1S/C15H18N2OS/c1-11-14(18)17(9-15(10-19)7-4-8-15)13-6-3-2-5-12(13)16-11/h2-3,5-6,19H,4,7-10H2,1H3. The molecule has 2 aromatic rings. The average molecular weight is 274 g/mol. The van der Waals surface area contributed by atoms with Gasteiger partial charge >= 0.3 is 0 Å². The summed E-state index contributed by atoms with van der Waals surface area (Å²) >= 11 is 4.49. The third kappa shape index (κ3) is 2.08. The Morgan fingerprint density at radius 1 is 1.37 bits per heavy atom. The van der Waals surface area contributed by atoms with Crippen LogP contribution in [-0.4, -0.2) is 15.3 Å². The first-order valence-electron chi connectivity index (χ1n) is 6.72. The Labute approximate surface area is 118 Å². The summed E-state index contributed by atoms with van der Waals surface area (Å²) in [6, 6.07) is 7.87. The number of para-hydroxylation sites is 2. The SMILES string of the molecule is Cc1nc2ccccc2n(CC2(CS)CCC2)c1=O. The van der Waals surface area contributed by atoms with E-state index in [0.29, 0.717) is 5.69 Å². The van der Waals surface area contributed by atoms with Crippen LogP contribution >= 0.6 is 12.6 Å². The fourth-order valence-corrected chi connectivity index (χ4v) is 3.27. The van der Waals surface area contributed by atoms with Crippen LogP contribution in [0, 0.1) is 12.3 Å². The lowest BCUT2D eigenvalue weighted by Gasteiger charge is -2.41. The van der Waals surface area contributed by atoms with Crippen LogP contribution in [0.4, 0.5) is 0 Å². The first kappa shape index (κ1) is 12.7. The molecule has 1 saturated carbocycles. The molecule has 19 heavy (non-hydrogen) atoms. The second kappa shape index (κ2) is 4.67. The van der Waals surface area contributed by atoms with Gasteiger partial charge in [-0.1, -0.05) is 18.6 Å². The van der Waals surface area contributed by atoms with Crippen molar-refractivity contribution in [2.75, 3.05) is 5.75 Å². The monoisotopic (exact) mass is 274 g/mol. The fraction of sp³-hybridized carbons (Fsp3) is 0.467. The predicted molar refractivity (Wildman–Crippen MR) is 80.9 cm³/mol. The van der Waals surface area contributed by atoms with Gasteiger partial charge in [0, 0.05) is 6.54 Å². The highest BCUT2D eigenvalue weighted by molar-refractivity contribution is 7.80. The summed E-state index contributed by atoms with van der Waals surface area (Å²) in [6.07, 6.45) is 3.58. The zero-order valence-electron chi connectivity index (χ0n) is 11.1. The maximum absolute atomic E-state index is 12.4. The number of fused-ring (bicyclic) bond motifs is 1. The van der Waals surface area contributed by atoms with E-state index < -0.39 is 0 Å². The van der Waals surface area contributed by atoms with Gasteiger partial charge in [0.2, 0.25) is 0 Å². The number of hydrogen-bond donors (Lipinski definition) is 1. The lowest BCUT2D eigenvalue weighted by molar-refractivity contribution is 0.139. The van der Waals surface area contributed by atoms with Crippen LogP contribution in [0.2, 0.25) is 0 Å². The zero-order valence-corrected chi connectivity index (χ0v) is 12.0. The molecule has 0 spiro atoms. The summed E-state index contributed by atoms with van der Waals surface area (Å²) in [5.74, 6) is 0.842. The number of hydrogen-bond acceptors (Lipinski definition) is 3. The molecule has 1 aliphatic carbocycles. The molecule has 1 heterocycles. The van der Waals surface area contributed by atoms with Crippen molar-refractivity contribution in [3.8, 4) is 0 Å². The van der Waals surface area contributed by atoms with Gasteiger partial charge in [-0.05, 0) is 43.1 Å². The minimum absolute atomic E-state index is 0.0340. The maximum atomic E-state index is 12.4. The molecule has 4 heteroatoms. The van der Waals surface area contributed by atoms with Crippen molar-refractivity contribution in [2.24, 2.45) is 5.41 Å². The first-order chi connectivity index (χ1) is 9.15. The molecule has 1 aliphatic rings. The van der Waals surface area contributed by atoms with Gasteiger partial charge in [0.05, 0.1) is 11.0 Å². The number of aromatic nitrogens is 2. The highest BCUT2D eigenvalue weighted by Gasteiger charge is 2.36. The highest BCUT2D eigenvalue weighted by Crippen LogP contribution is 2.43. The maximum Gasteiger partial charge on any atom is 0.272 e. The molecule has 1 aromatic carbocycles. The van der Waals surface area contributed by atoms with Crippen molar-refractivity contribution < 1.29 is 0 Å². The minimum atomic E-state index is 0.0340. The van der Waals surface area contributed by atoms with E-state index >= 15 is 0 Å². The van der Waals surface area contributed by atoms with E-state index in [9.17, 15) is 4.79 Å². The van der Waals surface area contributed by atoms with E-state index in [-0.39, 0.29) is 11.0 Å². The summed E-state index contributed by atoms with van der Waals surface area (Å²) in [4.78, 5) is 16.8. The van der Waals surface area contributed by atoms with Crippen molar-refractivity contribution >= 4 is 23.7 Å². The molecular weight excluding hydrogens is 256 g/mol. The van der Waals surface area contributed by atoms with E-state index in [1.54, 1.807) is 6.92 Å². The molecule has 100 valence electrons. The van der Waals surface area contributed by atoms with Crippen molar-refractivity contribution in [3.05, 3.63) is 40.3 Å². The summed E-state index contributed by atoms with van der Waals surface area (Å²) in [5, 5.41) is 0. The third-order valence-corrected chi connectivity index (χ3v) is 4.93. The summed E-state index contributed by atoms with van der Waals surface area (Å²) in [5.41, 5.74) is 2.64. The number of thiol groups is 1. The molecule has 1 aromatic heterocycles. The van der Waals surface area contributed by atoms with E-state index in [1.807, 2.05) is 28.8 Å². The molecule has 0 N–H and O–H groups in total. The summed E-state index contributed by atoms with van der Waals surface area (Å²) in [6.45, 7) is 2.55. The van der Waals surface area contributed by atoms with Gasteiger partial charge in [-0.15, -0.1) is 0 Å². The highest BCUT2D eigenvalue weighted by atomic mass is 32.1. The molecule has 3 rings (SSSR count). The van der Waals surface area contributed by atoms with Gasteiger partial charge in [-0.2, -0.15) is 12.6 Å². The number of nitrogens with zero attached hydrogens (tertiary/aromatic N) is 2. The van der Waals surface area contributed by atoms with Crippen LogP contribution in [0.25, 0.3) is 11.0 Å². The Balaban J connectivity index is 2.16. The molecular formula is C15H18N2OS. The van der Waals surface area contributed by atoms with Crippen LogP contribution in [-0.2, 0) is 6.54 Å². The molecule has 0 bridgehead atoms. The van der Waals surface area contributed by atoms with Crippen molar-refractivity contribution in [1.82, 2.24) is 9.55 Å². The second-order valence-electron chi connectivity index (χ2n) is 5.59. The number of aryl methyl sites for hydroxylation is 1. The normalized spacial score (nSPS) is 17.4. The molecule has 0 radical (unpaired) electrons. The van der Waals surface area contributed by atoms with Crippen LogP contribution in [0.3, 0.4) is 0 Å². The van der Waals surface area contributed by atoms with Gasteiger partial charge in [0.25, 0.3) is 5.56 Å². The van der Waals surface area contributed by atoms with Gasteiger partial charge in [0.15, 0.2) is 0 Å². The van der Waals surface area contributed by atoms with Gasteiger partial charge < -0.3 is 4.57 Å². The number of rotatable bonds is 3. The Morgan fingerprint density at radius 2 is 2.11 bits per heavy atom. The van der Waals surface area contributed by atoms with Crippen LogP contribution in [0.1, 0.15) is 25.0 Å². The van der Waals surface area contributed by atoms with Gasteiger partial charge in [-0.25, -0.2) is 4.98 Å². The average Bonchev–Trinajstić information content (AvgIpc) is 2.38. The summed E-state index contributed by atoms with van der Waals surface area (Å²) < 4.78 is 1.90. The molecule has 0 saturated heterocycles.